The minimum atomic E-state index is -3.90. The fourth-order valence-electron chi connectivity index (χ4n) is 2.61. The number of halogens is 1. The Kier molecular flexibility index (Phi) is 6.27. The summed E-state index contributed by atoms with van der Waals surface area (Å²) in [5, 5.41) is 9.14. The number of fused-ring (bicyclic) bond motifs is 1. The van der Waals surface area contributed by atoms with Crippen LogP contribution in [0.25, 0.3) is 0 Å². The molecule has 0 aromatic heterocycles. The van der Waals surface area contributed by atoms with Crippen molar-refractivity contribution >= 4 is 27.6 Å². The first kappa shape index (κ1) is 20.9. The van der Waals surface area contributed by atoms with Crippen LogP contribution < -0.4 is 9.47 Å². The van der Waals surface area contributed by atoms with Gasteiger partial charge in [-0.1, -0.05) is 11.6 Å². The normalized spacial score (nSPS) is 13.0. The van der Waals surface area contributed by atoms with E-state index in [0.29, 0.717) is 40.9 Å². The van der Waals surface area contributed by atoms with Crippen LogP contribution in [0.1, 0.15) is 11.1 Å². The zero-order valence-electron chi connectivity index (χ0n) is 15.4. The van der Waals surface area contributed by atoms with Gasteiger partial charge in [-0.05, 0) is 42.0 Å². The van der Waals surface area contributed by atoms with Crippen LogP contribution in [0.3, 0.4) is 0 Å². The second-order valence-electron chi connectivity index (χ2n) is 6.16. The number of hydrogen-bond donors (Lipinski definition) is 0. The number of nitriles is 1. The molecule has 0 fully saturated rings. The molecule has 8 nitrogen and oxygen atoms in total. The van der Waals surface area contributed by atoms with Crippen LogP contribution in [0.5, 0.6) is 11.5 Å². The summed E-state index contributed by atoms with van der Waals surface area (Å²) < 4.78 is 42.0. The van der Waals surface area contributed by atoms with Crippen molar-refractivity contribution in [3.63, 3.8) is 0 Å². The number of hydrogen-bond acceptors (Lipinski definition) is 7. The van der Waals surface area contributed by atoms with Gasteiger partial charge in [0.1, 0.15) is 26.4 Å². The van der Waals surface area contributed by atoms with Gasteiger partial charge in [0.05, 0.1) is 21.6 Å². The molecule has 2 aromatic carbocycles. The van der Waals surface area contributed by atoms with E-state index in [1.165, 1.54) is 31.3 Å². The van der Waals surface area contributed by atoms with E-state index in [1.54, 1.807) is 12.1 Å². The quantitative estimate of drug-likeness (QED) is 0.640. The van der Waals surface area contributed by atoms with Crippen molar-refractivity contribution in [2.45, 2.75) is 11.5 Å². The van der Waals surface area contributed by atoms with Gasteiger partial charge < -0.3 is 14.2 Å². The van der Waals surface area contributed by atoms with Gasteiger partial charge in [-0.25, -0.2) is 8.42 Å². The molecule has 0 spiro atoms. The van der Waals surface area contributed by atoms with E-state index in [0.717, 1.165) is 4.31 Å². The Hall–Kier alpha value is -2.80. The smallest absolute Gasteiger partial charge is 0.321 e. The van der Waals surface area contributed by atoms with Crippen molar-refractivity contribution < 1.29 is 27.4 Å². The second-order valence-corrected chi connectivity index (χ2v) is 8.61. The minimum Gasteiger partial charge on any atom is -0.486 e. The highest BCUT2D eigenvalue weighted by Crippen LogP contribution is 2.38. The summed E-state index contributed by atoms with van der Waals surface area (Å²) in [5.41, 5.74) is 0.925. The molecule has 1 aliphatic rings. The van der Waals surface area contributed by atoms with Gasteiger partial charge in [-0.2, -0.15) is 9.57 Å². The zero-order valence-corrected chi connectivity index (χ0v) is 17.0. The molecular weight excluding hydrogens is 420 g/mol. The Morgan fingerprint density at radius 3 is 2.62 bits per heavy atom. The van der Waals surface area contributed by atoms with Crippen molar-refractivity contribution in [2.24, 2.45) is 0 Å². The van der Waals surface area contributed by atoms with Crippen LogP contribution in [-0.4, -0.2) is 45.5 Å². The Morgan fingerprint density at radius 1 is 1.24 bits per heavy atom. The summed E-state index contributed by atoms with van der Waals surface area (Å²) in [7, 11) is -2.62. The molecule has 0 atom stereocenters. The van der Waals surface area contributed by atoms with E-state index in [4.69, 9.17) is 31.1 Å². The molecule has 0 N–H and O–H groups in total. The van der Waals surface area contributed by atoms with E-state index in [2.05, 4.69) is 0 Å². The molecule has 2 aromatic rings. The summed E-state index contributed by atoms with van der Waals surface area (Å²) in [6.07, 6.45) is 0. The molecule has 152 valence electrons. The number of nitrogens with zero attached hydrogens (tertiary/aromatic N) is 2. The van der Waals surface area contributed by atoms with E-state index >= 15 is 0 Å². The third-order valence-electron chi connectivity index (χ3n) is 4.10. The number of rotatable bonds is 6. The predicted molar refractivity (Wildman–Crippen MR) is 103 cm³/mol. The molecular formula is C19H17ClN2O6S. The highest BCUT2D eigenvalue weighted by Gasteiger charge is 2.24. The van der Waals surface area contributed by atoms with E-state index < -0.39 is 22.5 Å². The van der Waals surface area contributed by atoms with Crippen LogP contribution in [0.4, 0.5) is 0 Å². The minimum absolute atomic E-state index is 0.0228. The molecule has 0 aliphatic carbocycles. The van der Waals surface area contributed by atoms with Gasteiger partial charge >= 0.3 is 5.97 Å². The molecule has 0 saturated heterocycles. The van der Waals surface area contributed by atoms with Gasteiger partial charge in [-0.3, -0.25) is 4.79 Å². The molecule has 1 aliphatic heterocycles. The van der Waals surface area contributed by atoms with Crippen LogP contribution in [0.2, 0.25) is 5.02 Å². The van der Waals surface area contributed by atoms with Gasteiger partial charge in [0.15, 0.2) is 11.5 Å². The Labute approximate surface area is 173 Å². The number of benzene rings is 2. The fourth-order valence-corrected chi connectivity index (χ4v) is 4.01. The molecule has 0 amide bonds. The molecule has 3 rings (SSSR count). The maximum Gasteiger partial charge on any atom is 0.321 e. The van der Waals surface area contributed by atoms with E-state index in [1.807, 2.05) is 6.07 Å². The van der Waals surface area contributed by atoms with E-state index in [9.17, 15) is 13.2 Å². The number of esters is 1. The summed E-state index contributed by atoms with van der Waals surface area (Å²) in [5.74, 6) is 0.187. The number of carbonyl (C=O) groups is 1. The highest BCUT2D eigenvalue weighted by atomic mass is 35.5. The topological polar surface area (TPSA) is 106 Å². The predicted octanol–water partition coefficient (Wildman–Crippen LogP) is 2.35. The number of carbonyl (C=O) groups excluding carboxylic acids is 1. The van der Waals surface area contributed by atoms with Gasteiger partial charge in [0, 0.05) is 7.05 Å². The summed E-state index contributed by atoms with van der Waals surface area (Å²) >= 11 is 6.14. The fraction of sp³-hybridized carbons (Fsp3) is 0.263. The first-order chi connectivity index (χ1) is 13.8. The van der Waals surface area contributed by atoms with E-state index in [-0.39, 0.29) is 11.5 Å². The zero-order chi connectivity index (χ0) is 21.0. The SMILES string of the molecule is CN(CC(=O)OCc1cc(Cl)c2c(c1)OCCO2)S(=O)(=O)c1ccc(C#N)cc1. The number of ether oxygens (including phenoxy) is 3. The van der Waals surface area contributed by atoms with Crippen LogP contribution in [-0.2, 0) is 26.2 Å². The first-order valence-corrected chi connectivity index (χ1v) is 10.3. The van der Waals surface area contributed by atoms with Crippen LogP contribution >= 0.6 is 11.6 Å². The third kappa shape index (κ3) is 4.79. The van der Waals surface area contributed by atoms with Crippen molar-refractivity contribution in [2.75, 3.05) is 26.8 Å². The standard InChI is InChI=1S/C19H17ClN2O6S/c1-22(29(24,25)15-4-2-13(10-21)3-5-15)11-18(23)28-12-14-8-16(20)19-17(9-14)26-6-7-27-19/h2-5,8-9H,6-7,11-12H2,1H3. The Morgan fingerprint density at radius 2 is 1.93 bits per heavy atom. The third-order valence-corrected chi connectivity index (χ3v) is 6.20. The average molecular weight is 437 g/mol. The lowest BCUT2D eigenvalue weighted by atomic mass is 10.2. The average Bonchev–Trinajstić information content (AvgIpc) is 2.72. The summed E-state index contributed by atoms with van der Waals surface area (Å²) in [4.78, 5) is 12.1. The lowest BCUT2D eigenvalue weighted by Gasteiger charge is -2.20. The molecule has 10 heteroatoms. The summed E-state index contributed by atoms with van der Waals surface area (Å²) in [6.45, 7) is 0.228. The molecule has 0 saturated carbocycles. The van der Waals surface area contributed by atoms with Gasteiger partial charge in [0.25, 0.3) is 0 Å². The monoisotopic (exact) mass is 436 g/mol. The lowest BCUT2D eigenvalue weighted by molar-refractivity contribution is -0.144. The van der Waals surface area contributed by atoms with Crippen LogP contribution in [0, 0.1) is 11.3 Å². The Balaban J connectivity index is 1.61. The van der Waals surface area contributed by atoms with Crippen molar-refractivity contribution in [3.8, 4) is 17.6 Å². The van der Waals surface area contributed by atoms with Crippen molar-refractivity contribution in [1.29, 1.82) is 5.26 Å². The lowest BCUT2D eigenvalue weighted by Crippen LogP contribution is -2.33. The maximum absolute atomic E-state index is 12.5. The second kappa shape index (κ2) is 8.69. The molecule has 1 heterocycles. The molecule has 0 unspecified atom stereocenters. The highest BCUT2D eigenvalue weighted by molar-refractivity contribution is 7.89. The molecule has 29 heavy (non-hydrogen) atoms. The van der Waals surface area contributed by atoms with Crippen molar-refractivity contribution in [1.82, 2.24) is 4.31 Å². The number of likely N-dealkylation sites (N-methyl/N-ethyl adjacent to an activating group) is 1. The van der Waals surface area contributed by atoms with Crippen molar-refractivity contribution in [3.05, 3.63) is 52.5 Å². The first-order valence-electron chi connectivity index (χ1n) is 8.51. The van der Waals surface area contributed by atoms with Crippen LogP contribution in [0.15, 0.2) is 41.3 Å². The van der Waals surface area contributed by atoms with Gasteiger partial charge in [-0.15, -0.1) is 0 Å². The maximum atomic E-state index is 12.5. The summed E-state index contributed by atoms with van der Waals surface area (Å²) in [6, 6.07) is 10.6. The largest absolute Gasteiger partial charge is 0.486 e. The molecule has 0 bridgehead atoms. The molecule has 0 radical (unpaired) electrons. The number of sulfonamides is 1. The Bertz CT molecular complexity index is 1060. The van der Waals surface area contributed by atoms with Gasteiger partial charge in [0.2, 0.25) is 10.0 Å².